The van der Waals surface area contributed by atoms with Crippen LogP contribution in [0, 0.1) is 10.1 Å². The molecular formula is C12H14N2O5S. The van der Waals surface area contributed by atoms with Crippen LogP contribution in [0.5, 0.6) is 5.75 Å². The molecule has 20 heavy (non-hydrogen) atoms. The summed E-state index contributed by atoms with van der Waals surface area (Å²) in [7, 11) is -1.73. The molecule has 0 saturated carbocycles. The normalized spacial score (nSPS) is 19.9. The average molecular weight is 298 g/mol. The lowest BCUT2D eigenvalue weighted by atomic mass is 10.1. The fourth-order valence-corrected chi connectivity index (χ4v) is 3.21. The van der Waals surface area contributed by atoms with Crippen molar-refractivity contribution in [1.29, 1.82) is 0 Å². The number of sulfone groups is 1. The number of nitrogens with zero attached hydrogens (tertiary/aromatic N) is 1. The first kappa shape index (κ1) is 14.5. The van der Waals surface area contributed by atoms with Crippen LogP contribution in [0.15, 0.2) is 29.7 Å². The highest BCUT2D eigenvalue weighted by Crippen LogP contribution is 2.27. The molecule has 1 unspecified atom stereocenters. The molecule has 8 heteroatoms. The van der Waals surface area contributed by atoms with Crippen molar-refractivity contribution in [1.82, 2.24) is 5.32 Å². The third-order valence-electron chi connectivity index (χ3n) is 2.94. The zero-order chi connectivity index (χ0) is 14.8. The van der Waals surface area contributed by atoms with E-state index in [1.807, 2.05) is 0 Å². The first-order chi connectivity index (χ1) is 9.41. The van der Waals surface area contributed by atoms with Gasteiger partial charge in [-0.25, -0.2) is 8.42 Å². The molecule has 108 valence electrons. The van der Waals surface area contributed by atoms with Crippen molar-refractivity contribution in [3.8, 4) is 5.75 Å². The number of rotatable bonds is 5. The number of hydrogen-bond donors (Lipinski definition) is 1. The van der Waals surface area contributed by atoms with Gasteiger partial charge in [0.1, 0.15) is 0 Å². The molecule has 0 amide bonds. The molecule has 0 bridgehead atoms. The Hall–Kier alpha value is -1.93. The summed E-state index contributed by atoms with van der Waals surface area (Å²) in [4.78, 5) is 10.4. The van der Waals surface area contributed by atoms with Crippen LogP contribution in [0.3, 0.4) is 0 Å². The van der Waals surface area contributed by atoms with Gasteiger partial charge in [-0.05, 0) is 11.6 Å². The Labute approximate surface area is 116 Å². The van der Waals surface area contributed by atoms with Crippen molar-refractivity contribution in [2.45, 2.75) is 12.6 Å². The van der Waals surface area contributed by atoms with Crippen molar-refractivity contribution >= 4 is 15.5 Å². The maximum atomic E-state index is 11.2. The average Bonchev–Trinajstić information content (AvgIpc) is 2.75. The molecule has 1 aromatic rings. The van der Waals surface area contributed by atoms with E-state index in [2.05, 4.69) is 5.32 Å². The van der Waals surface area contributed by atoms with Gasteiger partial charge in [0, 0.05) is 24.1 Å². The molecule has 1 heterocycles. The first-order valence-electron chi connectivity index (χ1n) is 5.87. The zero-order valence-electron chi connectivity index (χ0n) is 10.8. The molecule has 0 aliphatic carbocycles. The molecule has 1 aliphatic rings. The predicted octanol–water partition coefficient (Wildman–Crippen LogP) is 1.00. The van der Waals surface area contributed by atoms with Crippen molar-refractivity contribution in [3.63, 3.8) is 0 Å². The summed E-state index contributed by atoms with van der Waals surface area (Å²) >= 11 is 0. The summed E-state index contributed by atoms with van der Waals surface area (Å²) in [5.74, 6) is 0.215. The second-order valence-corrected chi connectivity index (χ2v) is 6.34. The minimum Gasteiger partial charge on any atom is -0.490 e. The quantitative estimate of drug-likeness (QED) is 0.643. The number of ether oxygens (including phenoxy) is 1. The summed E-state index contributed by atoms with van der Waals surface area (Å²) in [6.07, 6.45) is 1.58. The van der Waals surface area contributed by atoms with E-state index in [9.17, 15) is 18.5 Å². The minimum absolute atomic E-state index is 0.0191. The number of methoxy groups -OCH3 is 1. The lowest BCUT2D eigenvalue weighted by Crippen LogP contribution is -2.29. The zero-order valence-corrected chi connectivity index (χ0v) is 11.6. The highest BCUT2D eigenvalue weighted by atomic mass is 32.2. The Balaban J connectivity index is 2.06. The van der Waals surface area contributed by atoms with Crippen molar-refractivity contribution in [3.05, 3.63) is 45.4 Å². The summed E-state index contributed by atoms with van der Waals surface area (Å²) in [5.41, 5.74) is 0.580. The topological polar surface area (TPSA) is 98.5 Å². The van der Waals surface area contributed by atoms with E-state index in [1.165, 1.54) is 24.7 Å². The van der Waals surface area contributed by atoms with Gasteiger partial charge in [-0.15, -0.1) is 0 Å². The fraction of sp³-hybridized carbons (Fsp3) is 0.333. The number of hydrogen-bond acceptors (Lipinski definition) is 6. The van der Waals surface area contributed by atoms with Crippen LogP contribution in [0.1, 0.15) is 5.56 Å². The van der Waals surface area contributed by atoms with E-state index in [4.69, 9.17) is 4.74 Å². The highest BCUT2D eigenvalue weighted by Gasteiger charge is 2.21. The minimum atomic E-state index is -3.10. The molecule has 0 spiro atoms. The van der Waals surface area contributed by atoms with Gasteiger partial charge in [-0.1, -0.05) is 12.1 Å². The summed E-state index contributed by atoms with van der Waals surface area (Å²) in [6, 6.07) is 4.38. The van der Waals surface area contributed by atoms with Crippen molar-refractivity contribution < 1.29 is 18.1 Å². The maximum absolute atomic E-state index is 11.2. The second kappa shape index (κ2) is 5.59. The number of benzene rings is 1. The van der Waals surface area contributed by atoms with Gasteiger partial charge in [-0.2, -0.15) is 0 Å². The molecule has 0 aromatic heterocycles. The number of nitro benzene ring substituents is 1. The Morgan fingerprint density at radius 2 is 2.25 bits per heavy atom. The molecule has 1 aliphatic heterocycles. The highest BCUT2D eigenvalue weighted by molar-refractivity contribution is 7.94. The molecular weight excluding hydrogens is 284 g/mol. The van der Waals surface area contributed by atoms with Crippen molar-refractivity contribution in [2.24, 2.45) is 0 Å². The predicted molar refractivity (Wildman–Crippen MR) is 73.2 cm³/mol. The second-order valence-electron chi connectivity index (χ2n) is 4.41. The van der Waals surface area contributed by atoms with Crippen LogP contribution in [-0.4, -0.2) is 32.2 Å². The lowest BCUT2D eigenvalue weighted by Gasteiger charge is -2.10. The number of nitrogens with one attached hydrogen (secondary N) is 1. The van der Waals surface area contributed by atoms with E-state index >= 15 is 0 Å². The van der Waals surface area contributed by atoms with E-state index in [-0.39, 0.29) is 23.2 Å². The Kier molecular flexibility index (Phi) is 4.05. The van der Waals surface area contributed by atoms with Gasteiger partial charge in [-0.3, -0.25) is 10.1 Å². The molecule has 0 fully saturated rings. The molecule has 0 saturated heterocycles. The van der Waals surface area contributed by atoms with Crippen LogP contribution in [-0.2, 0) is 16.4 Å². The third-order valence-corrected chi connectivity index (χ3v) is 4.33. The molecule has 1 atom stereocenters. The van der Waals surface area contributed by atoms with Crippen LogP contribution >= 0.6 is 0 Å². The van der Waals surface area contributed by atoms with E-state index in [0.29, 0.717) is 12.1 Å². The lowest BCUT2D eigenvalue weighted by molar-refractivity contribution is -0.385. The van der Waals surface area contributed by atoms with E-state index in [1.54, 1.807) is 12.1 Å². The summed E-state index contributed by atoms with van der Waals surface area (Å²) < 4.78 is 27.4. The molecule has 0 radical (unpaired) electrons. The molecule has 2 rings (SSSR count). The molecule has 1 N–H and O–H groups in total. The van der Waals surface area contributed by atoms with Gasteiger partial charge in [0.05, 0.1) is 17.8 Å². The monoisotopic (exact) mass is 298 g/mol. The van der Waals surface area contributed by atoms with Gasteiger partial charge in [0.15, 0.2) is 15.6 Å². The van der Waals surface area contributed by atoms with Gasteiger partial charge >= 0.3 is 5.69 Å². The smallest absolute Gasteiger partial charge is 0.311 e. The number of nitro groups is 1. The van der Waals surface area contributed by atoms with Crippen LogP contribution in [0.2, 0.25) is 0 Å². The fourth-order valence-electron chi connectivity index (χ4n) is 1.94. The van der Waals surface area contributed by atoms with E-state index < -0.39 is 14.8 Å². The molecule has 1 aromatic carbocycles. The van der Waals surface area contributed by atoms with Crippen LogP contribution < -0.4 is 10.1 Å². The van der Waals surface area contributed by atoms with Gasteiger partial charge < -0.3 is 10.1 Å². The largest absolute Gasteiger partial charge is 0.490 e. The SMILES string of the molecule is COc1ccc(CNC2C=CS(=O)(=O)C2)cc1[N+](=O)[O-]. The summed E-state index contributed by atoms with van der Waals surface area (Å²) in [5, 5.41) is 15.1. The Morgan fingerprint density at radius 1 is 1.50 bits per heavy atom. The van der Waals surface area contributed by atoms with Crippen molar-refractivity contribution in [2.75, 3.05) is 12.9 Å². The third kappa shape index (κ3) is 3.34. The maximum Gasteiger partial charge on any atom is 0.311 e. The first-order valence-corrected chi connectivity index (χ1v) is 7.58. The summed E-state index contributed by atoms with van der Waals surface area (Å²) in [6.45, 7) is 0.343. The van der Waals surface area contributed by atoms with Crippen LogP contribution in [0.25, 0.3) is 0 Å². The standard InChI is InChI=1S/C12H14N2O5S/c1-19-12-3-2-9(6-11(12)14(15)16)7-13-10-4-5-20(17,18)8-10/h2-6,10,13H,7-8H2,1H3. The Morgan fingerprint density at radius 3 is 2.80 bits per heavy atom. The van der Waals surface area contributed by atoms with Gasteiger partial charge in [0.25, 0.3) is 0 Å². The van der Waals surface area contributed by atoms with Crippen LogP contribution in [0.4, 0.5) is 5.69 Å². The van der Waals surface area contributed by atoms with E-state index in [0.717, 1.165) is 0 Å². The Bertz CT molecular complexity index is 654. The van der Waals surface area contributed by atoms with Gasteiger partial charge in [0.2, 0.25) is 0 Å². The molecule has 7 nitrogen and oxygen atoms in total.